The van der Waals surface area contributed by atoms with Crippen LogP contribution in [0.15, 0.2) is 48.5 Å². The van der Waals surface area contributed by atoms with E-state index in [-0.39, 0.29) is 17.6 Å². The van der Waals surface area contributed by atoms with Gasteiger partial charge < -0.3 is 4.90 Å². The van der Waals surface area contributed by atoms with Crippen molar-refractivity contribution < 1.29 is 18.0 Å². The number of amides is 1. The number of rotatable bonds is 3. The van der Waals surface area contributed by atoms with Crippen molar-refractivity contribution >= 4 is 29.3 Å². The van der Waals surface area contributed by atoms with Crippen LogP contribution < -0.4 is 0 Å². The van der Waals surface area contributed by atoms with E-state index >= 15 is 0 Å². The van der Waals surface area contributed by atoms with Crippen LogP contribution in [0, 0.1) is 0 Å². The van der Waals surface area contributed by atoms with Crippen molar-refractivity contribution in [1.29, 1.82) is 0 Å². The van der Waals surface area contributed by atoms with E-state index in [2.05, 4.69) is 0 Å². The summed E-state index contributed by atoms with van der Waals surface area (Å²) >= 11 is 8.04. The molecule has 1 saturated heterocycles. The van der Waals surface area contributed by atoms with Gasteiger partial charge in [-0.15, -0.1) is 0 Å². The van der Waals surface area contributed by atoms with Crippen molar-refractivity contribution in [3.05, 3.63) is 70.2 Å². The zero-order valence-electron chi connectivity index (χ0n) is 14.5. The molecule has 0 aliphatic carbocycles. The molecule has 1 heterocycles. The Hall–Kier alpha value is -1.66. The van der Waals surface area contributed by atoms with Gasteiger partial charge in [0.25, 0.3) is 0 Å². The summed E-state index contributed by atoms with van der Waals surface area (Å²) in [6, 6.07) is 12.7. The number of hydrogen-bond acceptors (Lipinski definition) is 2. The summed E-state index contributed by atoms with van der Waals surface area (Å²) in [4.78, 5) is 14.3. The molecule has 2 aromatic carbocycles. The van der Waals surface area contributed by atoms with E-state index in [0.29, 0.717) is 18.7 Å². The van der Waals surface area contributed by atoms with Gasteiger partial charge in [-0.1, -0.05) is 48.0 Å². The minimum atomic E-state index is -4.40. The first-order valence-corrected chi connectivity index (χ1v) is 10.1. The zero-order valence-corrected chi connectivity index (χ0v) is 16.1. The minimum Gasteiger partial charge on any atom is -0.342 e. The highest BCUT2D eigenvalue weighted by atomic mass is 35.5. The van der Waals surface area contributed by atoms with Gasteiger partial charge in [-0.25, -0.2) is 0 Å². The maximum atomic E-state index is 12.8. The number of carbonyl (C=O) groups is 1. The molecule has 2 aromatic rings. The predicted octanol–water partition coefficient (Wildman–Crippen LogP) is 5.61. The molecule has 1 atom stereocenters. The van der Waals surface area contributed by atoms with Crippen molar-refractivity contribution in [2.24, 2.45) is 0 Å². The fourth-order valence-electron chi connectivity index (χ4n) is 3.15. The first-order chi connectivity index (χ1) is 12.8. The minimum absolute atomic E-state index is 0.0225. The lowest BCUT2D eigenvalue weighted by Crippen LogP contribution is -2.34. The predicted molar refractivity (Wildman–Crippen MR) is 103 cm³/mol. The maximum absolute atomic E-state index is 12.8. The van der Waals surface area contributed by atoms with Crippen molar-refractivity contribution in [2.45, 2.75) is 24.3 Å². The quantitative estimate of drug-likeness (QED) is 0.652. The number of alkyl halides is 3. The van der Waals surface area contributed by atoms with Gasteiger partial charge >= 0.3 is 6.18 Å². The van der Waals surface area contributed by atoms with Crippen molar-refractivity contribution in [2.75, 3.05) is 18.8 Å². The third-order valence-corrected chi connectivity index (χ3v) is 6.21. The molecule has 1 aliphatic heterocycles. The molecule has 1 fully saturated rings. The molecule has 1 unspecified atom stereocenters. The summed E-state index contributed by atoms with van der Waals surface area (Å²) in [5.74, 6) is 0.624. The Morgan fingerprint density at radius 2 is 1.93 bits per heavy atom. The Balaban J connectivity index is 1.64. The molecule has 1 aliphatic rings. The molecule has 0 bridgehead atoms. The fraction of sp³-hybridized carbons (Fsp3) is 0.350. The van der Waals surface area contributed by atoms with Crippen LogP contribution in [0.25, 0.3) is 0 Å². The third kappa shape index (κ3) is 5.20. The largest absolute Gasteiger partial charge is 0.416 e. The summed E-state index contributed by atoms with van der Waals surface area (Å²) in [6.07, 6.45) is -3.66. The van der Waals surface area contributed by atoms with E-state index in [1.165, 1.54) is 6.07 Å². The SMILES string of the molecule is O=C(Cc1cccc(C(F)(F)F)c1)N1CCSC(c2ccccc2Cl)CC1. The zero-order chi connectivity index (χ0) is 19.4. The highest BCUT2D eigenvalue weighted by Gasteiger charge is 2.30. The standard InChI is InChI=1S/C20H19ClF3NOS/c21-17-7-2-1-6-16(17)18-8-9-25(10-11-27-18)19(26)13-14-4-3-5-15(12-14)20(22,23)24/h1-7,12,18H,8-11,13H2. The van der Waals surface area contributed by atoms with Crippen LogP contribution in [0.3, 0.4) is 0 Å². The molecule has 144 valence electrons. The van der Waals surface area contributed by atoms with E-state index < -0.39 is 11.7 Å². The van der Waals surface area contributed by atoms with E-state index in [1.54, 1.807) is 22.7 Å². The van der Waals surface area contributed by atoms with E-state index in [1.807, 2.05) is 24.3 Å². The van der Waals surface area contributed by atoms with Gasteiger partial charge in [0.15, 0.2) is 0 Å². The van der Waals surface area contributed by atoms with Crippen LogP contribution in [0.2, 0.25) is 5.02 Å². The van der Waals surface area contributed by atoms with Crippen molar-refractivity contribution in [3.8, 4) is 0 Å². The Morgan fingerprint density at radius 3 is 2.67 bits per heavy atom. The average Bonchev–Trinajstić information content (AvgIpc) is 2.88. The van der Waals surface area contributed by atoms with Crippen LogP contribution in [-0.2, 0) is 17.4 Å². The summed E-state index contributed by atoms with van der Waals surface area (Å²) in [5.41, 5.74) is 0.726. The lowest BCUT2D eigenvalue weighted by Gasteiger charge is -2.21. The number of hydrogen-bond donors (Lipinski definition) is 0. The Bertz CT molecular complexity index is 812. The number of nitrogens with zero attached hydrogens (tertiary/aromatic N) is 1. The Kier molecular flexibility index (Phi) is 6.37. The fourth-order valence-corrected chi connectivity index (χ4v) is 4.75. The summed E-state index contributed by atoms with van der Waals surface area (Å²) in [5, 5.41) is 0.934. The highest BCUT2D eigenvalue weighted by Crippen LogP contribution is 2.38. The van der Waals surface area contributed by atoms with Gasteiger partial charge in [0.2, 0.25) is 5.91 Å². The number of carbonyl (C=O) groups excluding carboxylic acids is 1. The van der Waals surface area contributed by atoms with Gasteiger partial charge in [0.05, 0.1) is 12.0 Å². The highest BCUT2D eigenvalue weighted by molar-refractivity contribution is 7.99. The van der Waals surface area contributed by atoms with Crippen LogP contribution in [0.5, 0.6) is 0 Å². The van der Waals surface area contributed by atoms with Gasteiger partial charge in [-0.3, -0.25) is 4.79 Å². The Morgan fingerprint density at radius 1 is 1.15 bits per heavy atom. The molecule has 0 saturated carbocycles. The molecule has 0 spiro atoms. The topological polar surface area (TPSA) is 20.3 Å². The molecule has 1 amide bonds. The second-order valence-corrected chi connectivity index (χ2v) is 8.14. The van der Waals surface area contributed by atoms with Gasteiger partial charge in [0.1, 0.15) is 0 Å². The second-order valence-electron chi connectivity index (χ2n) is 6.43. The first kappa shape index (κ1) is 20.1. The van der Waals surface area contributed by atoms with E-state index in [0.717, 1.165) is 34.9 Å². The Labute approximate surface area is 165 Å². The molecule has 0 aromatic heterocycles. The monoisotopic (exact) mass is 413 g/mol. The molecular formula is C20H19ClF3NOS. The molecular weight excluding hydrogens is 395 g/mol. The van der Waals surface area contributed by atoms with Gasteiger partial charge in [-0.2, -0.15) is 24.9 Å². The molecule has 27 heavy (non-hydrogen) atoms. The molecule has 7 heteroatoms. The summed E-state index contributed by atoms with van der Waals surface area (Å²) < 4.78 is 38.5. The normalized spacial score (nSPS) is 18.2. The number of thioether (sulfide) groups is 1. The van der Waals surface area contributed by atoms with Crippen LogP contribution >= 0.6 is 23.4 Å². The van der Waals surface area contributed by atoms with Gasteiger partial charge in [-0.05, 0) is 29.7 Å². The van der Waals surface area contributed by atoms with Crippen molar-refractivity contribution in [1.82, 2.24) is 4.90 Å². The average molecular weight is 414 g/mol. The maximum Gasteiger partial charge on any atom is 0.416 e. The van der Waals surface area contributed by atoms with Crippen LogP contribution in [-0.4, -0.2) is 29.6 Å². The molecule has 3 rings (SSSR count). The van der Waals surface area contributed by atoms with Crippen LogP contribution in [0.4, 0.5) is 13.2 Å². The summed E-state index contributed by atoms with van der Waals surface area (Å²) in [6.45, 7) is 1.16. The third-order valence-electron chi connectivity index (χ3n) is 4.56. The lowest BCUT2D eigenvalue weighted by molar-refractivity contribution is -0.138. The second kappa shape index (κ2) is 8.57. The van der Waals surface area contributed by atoms with E-state index in [4.69, 9.17) is 11.6 Å². The first-order valence-electron chi connectivity index (χ1n) is 8.64. The smallest absolute Gasteiger partial charge is 0.342 e. The number of benzene rings is 2. The molecule has 0 radical (unpaired) electrons. The number of halogens is 4. The lowest BCUT2D eigenvalue weighted by atomic mass is 10.1. The molecule has 0 N–H and O–H groups in total. The van der Waals surface area contributed by atoms with Crippen LogP contribution in [0.1, 0.15) is 28.4 Å². The molecule has 2 nitrogen and oxygen atoms in total. The van der Waals surface area contributed by atoms with E-state index in [9.17, 15) is 18.0 Å². The van der Waals surface area contributed by atoms with Gasteiger partial charge in [0, 0.05) is 29.1 Å². The summed E-state index contributed by atoms with van der Waals surface area (Å²) in [7, 11) is 0. The van der Waals surface area contributed by atoms with Crippen molar-refractivity contribution in [3.63, 3.8) is 0 Å².